The molecule has 0 spiro atoms. The van der Waals surface area contributed by atoms with Crippen LogP contribution in [0.4, 0.5) is 0 Å². The summed E-state index contributed by atoms with van der Waals surface area (Å²) in [6.45, 7) is 15.1. The van der Waals surface area contributed by atoms with Crippen LogP contribution in [0, 0.1) is 13.8 Å². The van der Waals surface area contributed by atoms with Gasteiger partial charge in [0.05, 0.1) is 0 Å². The standard InChI is InChI=1S/C21H26N6/c1-13-8-9-16(18-24-22-12-26(13)18)21(6,7)17-11-10-15(20(3,4)5)19-25-23-14(2)27(17)19/h8-12H,1-7H3. The van der Waals surface area contributed by atoms with Gasteiger partial charge in [0.1, 0.15) is 12.2 Å². The van der Waals surface area contributed by atoms with Crippen molar-refractivity contribution in [3.63, 3.8) is 0 Å². The first kappa shape index (κ1) is 17.6. The van der Waals surface area contributed by atoms with E-state index in [2.05, 4.69) is 90.6 Å². The van der Waals surface area contributed by atoms with Crippen molar-refractivity contribution < 1.29 is 0 Å². The monoisotopic (exact) mass is 362 g/mol. The molecule has 0 aliphatic heterocycles. The molecule has 0 aliphatic carbocycles. The van der Waals surface area contributed by atoms with Crippen LogP contribution in [-0.2, 0) is 10.8 Å². The lowest BCUT2D eigenvalue weighted by Crippen LogP contribution is -2.25. The highest BCUT2D eigenvalue weighted by Crippen LogP contribution is 2.36. The van der Waals surface area contributed by atoms with Crippen LogP contribution >= 0.6 is 0 Å². The van der Waals surface area contributed by atoms with E-state index in [-0.39, 0.29) is 10.8 Å². The highest BCUT2D eigenvalue weighted by molar-refractivity contribution is 5.58. The Hall–Kier alpha value is -2.76. The largest absolute Gasteiger partial charge is 0.286 e. The average molecular weight is 362 g/mol. The van der Waals surface area contributed by atoms with Crippen molar-refractivity contribution >= 4 is 11.3 Å². The highest BCUT2D eigenvalue weighted by Gasteiger charge is 2.32. The molecule has 0 saturated carbocycles. The predicted molar refractivity (Wildman–Crippen MR) is 106 cm³/mol. The lowest BCUT2D eigenvalue weighted by molar-refractivity contribution is 0.577. The van der Waals surface area contributed by atoms with Gasteiger partial charge in [-0.3, -0.25) is 8.80 Å². The number of aromatic nitrogens is 6. The summed E-state index contributed by atoms with van der Waals surface area (Å²) in [6, 6.07) is 8.67. The molecule has 0 amide bonds. The van der Waals surface area contributed by atoms with E-state index in [1.165, 1.54) is 5.56 Å². The van der Waals surface area contributed by atoms with Crippen molar-refractivity contribution in [1.82, 2.24) is 29.2 Å². The molecule has 0 bridgehead atoms. The molecule has 4 rings (SSSR count). The van der Waals surface area contributed by atoms with Crippen LogP contribution in [0.25, 0.3) is 11.3 Å². The van der Waals surface area contributed by atoms with Gasteiger partial charge in [0, 0.05) is 27.9 Å². The van der Waals surface area contributed by atoms with Gasteiger partial charge < -0.3 is 0 Å². The third-order valence-corrected chi connectivity index (χ3v) is 5.50. The Morgan fingerprint density at radius 2 is 1.48 bits per heavy atom. The quantitative estimate of drug-likeness (QED) is 0.540. The number of rotatable bonds is 2. The van der Waals surface area contributed by atoms with Gasteiger partial charge in [-0.05, 0) is 31.4 Å². The van der Waals surface area contributed by atoms with E-state index in [1.807, 2.05) is 11.3 Å². The van der Waals surface area contributed by atoms with E-state index in [4.69, 9.17) is 0 Å². The second kappa shape index (κ2) is 5.62. The van der Waals surface area contributed by atoms with E-state index in [1.54, 1.807) is 6.33 Å². The lowest BCUT2D eigenvalue weighted by Gasteiger charge is -2.29. The Labute approximate surface area is 159 Å². The van der Waals surface area contributed by atoms with Gasteiger partial charge in [-0.2, -0.15) is 0 Å². The molecule has 4 aromatic rings. The third kappa shape index (κ3) is 2.54. The number of hydrogen-bond donors (Lipinski definition) is 0. The first-order valence-electron chi connectivity index (χ1n) is 9.28. The molecule has 0 fully saturated rings. The highest BCUT2D eigenvalue weighted by atomic mass is 15.3. The smallest absolute Gasteiger partial charge is 0.164 e. The summed E-state index contributed by atoms with van der Waals surface area (Å²) in [5, 5.41) is 17.4. The fourth-order valence-electron chi connectivity index (χ4n) is 3.87. The summed E-state index contributed by atoms with van der Waals surface area (Å²) in [5.74, 6) is 0.892. The topological polar surface area (TPSA) is 60.4 Å². The minimum absolute atomic E-state index is 0.00642. The molecule has 0 saturated heterocycles. The lowest BCUT2D eigenvalue weighted by atomic mass is 9.80. The van der Waals surface area contributed by atoms with Crippen molar-refractivity contribution in [2.45, 2.75) is 59.3 Å². The van der Waals surface area contributed by atoms with E-state index in [0.29, 0.717) is 0 Å². The van der Waals surface area contributed by atoms with E-state index in [9.17, 15) is 0 Å². The zero-order chi connectivity index (χ0) is 19.6. The first-order valence-corrected chi connectivity index (χ1v) is 9.28. The van der Waals surface area contributed by atoms with Crippen molar-refractivity contribution in [2.24, 2.45) is 0 Å². The predicted octanol–water partition coefficient (Wildman–Crippen LogP) is 4.01. The number of fused-ring (bicyclic) bond motifs is 2. The maximum absolute atomic E-state index is 4.50. The molecule has 4 heterocycles. The Bertz CT molecular complexity index is 1160. The fraction of sp³-hybridized carbons (Fsp3) is 0.429. The third-order valence-electron chi connectivity index (χ3n) is 5.50. The van der Waals surface area contributed by atoms with Gasteiger partial charge in [0.15, 0.2) is 11.3 Å². The Morgan fingerprint density at radius 3 is 2.19 bits per heavy atom. The Morgan fingerprint density at radius 1 is 0.778 bits per heavy atom. The van der Waals surface area contributed by atoms with Gasteiger partial charge in [0.2, 0.25) is 0 Å². The Balaban J connectivity index is 2.03. The molecular formula is C21H26N6. The second-order valence-corrected chi connectivity index (χ2v) is 8.83. The zero-order valence-electron chi connectivity index (χ0n) is 17.1. The zero-order valence-corrected chi connectivity index (χ0v) is 17.1. The van der Waals surface area contributed by atoms with Gasteiger partial charge >= 0.3 is 0 Å². The molecule has 6 heteroatoms. The summed E-state index contributed by atoms with van der Waals surface area (Å²) < 4.78 is 4.23. The van der Waals surface area contributed by atoms with Crippen LogP contribution < -0.4 is 0 Å². The van der Waals surface area contributed by atoms with Gasteiger partial charge in [-0.1, -0.05) is 46.8 Å². The molecule has 6 nitrogen and oxygen atoms in total. The molecule has 4 aromatic heterocycles. The van der Waals surface area contributed by atoms with Crippen LogP contribution in [0.15, 0.2) is 30.6 Å². The van der Waals surface area contributed by atoms with Crippen molar-refractivity contribution in [2.75, 3.05) is 0 Å². The van der Waals surface area contributed by atoms with Gasteiger partial charge in [0.25, 0.3) is 0 Å². The maximum Gasteiger partial charge on any atom is 0.164 e. The fourth-order valence-corrected chi connectivity index (χ4v) is 3.87. The first-order chi connectivity index (χ1) is 12.6. The molecule has 0 atom stereocenters. The summed E-state index contributed by atoms with van der Waals surface area (Å²) in [6.07, 6.45) is 1.77. The van der Waals surface area contributed by atoms with Crippen molar-refractivity contribution in [1.29, 1.82) is 0 Å². The molecule has 0 unspecified atom stereocenters. The Kier molecular flexibility index (Phi) is 3.67. The second-order valence-electron chi connectivity index (χ2n) is 8.83. The summed E-state index contributed by atoms with van der Waals surface area (Å²) in [4.78, 5) is 0. The molecule has 0 aliphatic rings. The van der Waals surface area contributed by atoms with Crippen LogP contribution in [0.2, 0.25) is 0 Å². The molecule has 0 aromatic carbocycles. The van der Waals surface area contributed by atoms with Crippen LogP contribution in [0.5, 0.6) is 0 Å². The normalized spacial score (nSPS) is 13.0. The van der Waals surface area contributed by atoms with E-state index in [0.717, 1.165) is 34.1 Å². The van der Waals surface area contributed by atoms with E-state index < -0.39 is 0 Å². The number of nitrogens with zero attached hydrogens (tertiary/aromatic N) is 6. The van der Waals surface area contributed by atoms with Crippen molar-refractivity contribution in [3.8, 4) is 0 Å². The van der Waals surface area contributed by atoms with Gasteiger partial charge in [-0.25, -0.2) is 0 Å². The molecule has 140 valence electrons. The summed E-state index contributed by atoms with van der Waals surface area (Å²) in [7, 11) is 0. The van der Waals surface area contributed by atoms with E-state index >= 15 is 0 Å². The maximum atomic E-state index is 4.50. The van der Waals surface area contributed by atoms with Crippen LogP contribution in [0.3, 0.4) is 0 Å². The van der Waals surface area contributed by atoms with Crippen LogP contribution in [0.1, 0.15) is 63.0 Å². The molecule has 27 heavy (non-hydrogen) atoms. The number of aryl methyl sites for hydroxylation is 2. The molecular weight excluding hydrogens is 336 g/mol. The summed E-state index contributed by atoms with van der Waals surface area (Å²) in [5.41, 5.74) is 6.08. The molecule has 0 N–H and O–H groups in total. The minimum atomic E-state index is -0.302. The van der Waals surface area contributed by atoms with Crippen LogP contribution in [-0.4, -0.2) is 29.2 Å². The SMILES string of the molecule is Cc1ccc(C(C)(C)c2ccc(C(C)(C)C)c3nnc(C)n23)c2nncn12. The average Bonchev–Trinajstić information content (AvgIpc) is 3.21. The number of pyridine rings is 2. The molecule has 0 radical (unpaired) electrons. The van der Waals surface area contributed by atoms with Crippen molar-refractivity contribution in [3.05, 3.63) is 58.9 Å². The van der Waals surface area contributed by atoms with Gasteiger partial charge in [-0.15, -0.1) is 20.4 Å². The number of hydrogen-bond acceptors (Lipinski definition) is 4. The summed E-state index contributed by atoms with van der Waals surface area (Å²) >= 11 is 0. The minimum Gasteiger partial charge on any atom is -0.286 e.